The van der Waals surface area contributed by atoms with E-state index in [0.717, 1.165) is 11.4 Å². The molecule has 0 bridgehead atoms. The number of nitrogens with zero attached hydrogens (tertiary/aromatic N) is 4. The van der Waals surface area contributed by atoms with Crippen molar-refractivity contribution in [3.05, 3.63) is 24.5 Å². The van der Waals surface area contributed by atoms with Gasteiger partial charge < -0.3 is 10.3 Å². The van der Waals surface area contributed by atoms with Crippen LogP contribution in [-0.2, 0) is 7.05 Å². The second-order valence-corrected chi connectivity index (χ2v) is 3.11. The molecule has 0 unspecified atom stereocenters. The van der Waals surface area contributed by atoms with Crippen molar-refractivity contribution in [2.24, 2.45) is 7.05 Å². The van der Waals surface area contributed by atoms with E-state index in [1.165, 1.54) is 0 Å². The molecule has 0 saturated heterocycles. The van der Waals surface area contributed by atoms with Crippen LogP contribution in [0.3, 0.4) is 0 Å². The van der Waals surface area contributed by atoms with Gasteiger partial charge >= 0.3 is 0 Å². The molecule has 72 valence electrons. The standard InChI is InChI=1S/C9H11N5/c1-6-12-3-7(10)9(13-6)8-4-11-5-14(8)2/h3-5H,10H2,1-2H3. The Morgan fingerprint density at radius 2 is 2.14 bits per heavy atom. The number of aryl methyl sites for hydroxylation is 2. The minimum atomic E-state index is 0.569. The Bertz CT molecular complexity index is 460. The van der Waals surface area contributed by atoms with E-state index in [0.29, 0.717) is 11.5 Å². The monoisotopic (exact) mass is 189 g/mol. The molecule has 5 heteroatoms. The van der Waals surface area contributed by atoms with Gasteiger partial charge in [-0.3, -0.25) is 0 Å². The highest BCUT2D eigenvalue weighted by atomic mass is 15.0. The number of aromatic nitrogens is 4. The summed E-state index contributed by atoms with van der Waals surface area (Å²) in [6.45, 7) is 1.83. The van der Waals surface area contributed by atoms with Gasteiger partial charge in [0.25, 0.3) is 0 Å². The van der Waals surface area contributed by atoms with Crippen LogP contribution in [0.15, 0.2) is 18.7 Å². The van der Waals surface area contributed by atoms with Gasteiger partial charge in [-0.05, 0) is 6.92 Å². The maximum absolute atomic E-state index is 5.78. The normalized spacial score (nSPS) is 10.4. The maximum Gasteiger partial charge on any atom is 0.126 e. The zero-order valence-corrected chi connectivity index (χ0v) is 8.10. The number of nitrogens with two attached hydrogens (primary N) is 1. The second-order valence-electron chi connectivity index (χ2n) is 3.11. The Kier molecular flexibility index (Phi) is 1.92. The molecule has 2 aromatic rings. The lowest BCUT2D eigenvalue weighted by molar-refractivity contribution is 0.912. The highest BCUT2D eigenvalue weighted by Crippen LogP contribution is 2.21. The fraction of sp³-hybridized carbons (Fsp3) is 0.222. The topological polar surface area (TPSA) is 69.6 Å². The van der Waals surface area contributed by atoms with Crippen LogP contribution in [-0.4, -0.2) is 19.5 Å². The summed E-state index contributed by atoms with van der Waals surface area (Å²) in [6.07, 6.45) is 5.06. The molecule has 0 radical (unpaired) electrons. The van der Waals surface area contributed by atoms with Crippen molar-refractivity contribution in [1.29, 1.82) is 0 Å². The summed E-state index contributed by atoms with van der Waals surface area (Å²) in [5.74, 6) is 0.704. The van der Waals surface area contributed by atoms with Crippen LogP contribution >= 0.6 is 0 Å². The van der Waals surface area contributed by atoms with Crippen LogP contribution in [0.5, 0.6) is 0 Å². The third kappa shape index (κ3) is 1.32. The molecule has 14 heavy (non-hydrogen) atoms. The van der Waals surface area contributed by atoms with E-state index < -0.39 is 0 Å². The molecule has 2 heterocycles. The van der Waals surface area contributed by atoms with E-state index in [1.54, 1.807) is 18.7 Å². The number of hydrogen-bond acceptors (Lipinski definition) is 4. The first-order valence-corrected chi connectivity index (χ1v) is 4.24. The average Bonchev–Trinajstić information content (AvgIpc) is 2.56. The molecule has 0 spiro atoms. The summed E-state index contributed by atoms with van der Waals surface area (Å²) in [5.41, 5.74) is 7.98. The van der Waals surface area contributed by atoms with Gasteiger partial charge in [-0.15, -0.1) is 0 Å². The Labute approximate surface area is 81.6 Å². The number of rotatable bonds is 1. The molecule has 5 nitrogen and oxygen atoms in total. The summed E-state index contributed by atoms with van der Waals surface area (Å²) in [4.78, 5) is 12.3. The lowest BCUT2D eigenvalue weighted by Gasteiger charge is -2.05. The third-order valence-electron chi connectivity index (χ3n) is 2.00. The van der Waals surface area contributed by atoms with Gasteiger partial charge in [0.15, 0.2) is 0 Å². The fourth-order valence-corrected chi connectivity index (χ4v) is 1.27. The van der Waals surface area contributed by atoms with Crippen molar-refractivity contribution >= 4 is 5.69 Å². The van der Waals surface area contributed by atoms with Crippen LogP contribution in [0.25, 0.3) is 11.4 Å². The molecule has 0 atom stereocenters. The molecule has 2 aromatic heterocycles. The molecule has 0 aromatic carbocycles. The van der Waals surface area contributed by atoms with Gasteiger partial charge in [0, 0.05) is 7.05 Å². The zero-order chi connectivity index (χ0) is 10.1. The molecule has 0 amide bonds. The van der Waals surface area contributed by atoms with E-state index in [9.17, 15) is 0 Å². The Balaban J connectivity index is 2.62. The van der Waals surface area contributed by atoms with Crippen LogP contribution in [0.4, 0.5) is 5.69 Å². The minimum Gasteiger partial charge on any atom is -0.396 e. The fourth-order valence-electron chi connectivity index (χ4n) is 1.27. The second kappa shape index (κ2) is 3.10. The number of hydrogen-bond donors (Lipinski definition) is 1. The summed E-state index contributed by atoms with van der Waals surface area (Å²) >= 11 is 0. The van der Waals surface area contributed by atoms with Gasteiger partial charge in [0.05, 0.1) is 30.1 Å². The quantitative estimate of drug-likeness (QED) is 0.719. The molecular formula is C9H11N5. The van der Waals surface area contributed by atoms with Crippen molar-refractivity contribution in [3.8, 4) is 11.4 Å². The summed E-state index contributed by atoms with van der Waals surface area (Å²) in [6, 6.07) is 0. The predicted octanol–water partition coefficient (Wildman–Crippen LogP) is 0.768. The summed E-state index contributed by atoms with van der Waals surface area (Å²) < 4.78 is 1.87. The van der Waals surface area contributed by atoms with E-state index in [2.05, 4.69) is 15.0 Å². The van der Waals surface area contributed by atoms with Gasteiger partial charge in [0.2, 0.25) is 0 Å². The Hall–Kier alpha value is -1.91. The van der Waals surface area contributed by atoms with Gasteiger partial charge in [-0.2, -0.15) is 0 Å². The molecular weight excluding hydrogens is 178 g/mol. The van der Waals surface area contributed by atoms with Crippen molar-refractivity contribution in [1.82, 2.24) is 19.5 Å². The van der Waals surface area contributed by atoms with Crippen molar-refractivity contribution in [2.45, 2.75) is 6.92 Å². The number of imidazole rings is 1. The van der Waals surface area contributed by atoms with Crippen LogP contribution in [0.1, 0.15) is 5.82 Å². The minimum absolute atomic E-state index is 0.569. The van der Waals surface area contributed by atoms with E-state index in [1.807, 2.05) is 18.5 Å². The number of anilines is 1. The summed E-state index contributed by atoms with van der Waals surface area (Å²) in [5, 5.41) is 0. The zero-order valence-electron chi connectivity index (χ0n) is 8.10. The van der Waals surface area contributed by atoms with Crippen molar-refractivity contribution in [2.75, 3.05) is 5.73 Å². The van der Waals surface area contributed by atoms with Gasteiger partial charge in [0.1, 0.15) is 11.5 Å². The third-order valence-corrected chi connectivity index (χ3v) is 2.00. The maximum atomic E-state index is 5.78. The van der Waals surface area contributed by atoms with Crippen molar-refractivity contribution < 1.29 is 0 Å². The first kappa shape index (κ1) is 8.68. The van der Waals surface area contributed by atoms with E-state index >= 15 is 0 Å². The molecule has 0 aliphatic heterocycles. The lowest BCUT2D eigenvalue weighted by Crippen LogP contribution is -2.00. The molecule has 2 N–H and O–H groups in total. The number of nitrogen functional groups attached to an aromatic ring is 1. The first-order chi connectivity index (χ1) is 6.68. The Morgan fingerprint density at radius 1 is 1.36 bits per heavy atom. The van der Waals surface area contributed by atoms with Crippen LogP contribution in [0.2, 0.25) is 0 Å². The highest BCUT2D eigenvalue weighted by molar-refractivity contribution is 5.68. The molecule has 0 aliphatic carbocycles. The molecule has 0 fully saturated rings. The summed E-state index contributed by atoms with van der Waals surface area (Å²) in [7, 11) is 1.90. The average molecular weight is 189 g/mol. The highest BCUT2D eigenvalue weighted by Gasteiger charge is 2.08. The van der Waals surface area contributed by atoms with Crippen LogP contribution in [0, 0.1) is 6.92 Å². The van der Waals surface area contributed by atoms with Gasteiger partial charge in [-0.1, -0.05) is 0 Å². The van der Waals surface area contributed by atoms with E-state index in [4.69, 9.17) is 5.73 Å². The molecule has 2 rings (SSSR count). The van der Waals surface area contributed by atoms with E-state index in [-0.39, 0.29) is 0 Å². The predicted molar refractivity (Wildman–Crippen MR) is 53.4 cm³/mol. The lowest BCUT2D eigenvalue weighted by atomic mass is 10.2. The molecule has 0 saturated carbocycles. The van der Waals surface area contributed by atoms with Crippen molar-refractivity contribution in [3.63, 3.8) is 0 Å². The largest absolute Gasteiger partial charge is 0.396 e. The molecule has 0 aliphatic rings. The van der Waals surface area contributed by atoms with Gasteiger partial charge in [-0.25, -0.2) is 15.0 Å². The SMILES string of the molecule is Cc1ncc(N)c(-c2cncn2C)n1. The first-order valence-electron chi connectivity index (χ1n) is 4.24. The smallest absolute Gasteiger partial charge is 0.126 e. The Morgan fingerprint density at radius 3 is 2.79 bits per heavy atom. The van der Waals surface area contributed by atoms with Crippen LogP contribution < -0.4 is 5.73 Å².